The highest BCUT2D eigenvalue weighted by Gasteiger charge is 2.17. The molecule has 6 heteroatoms. The quantitative estimate of drug-likeness (QED) is 0.304. The van der Waals surface area contributed by atoms with Gasteiger partial charge in [0.1, 0.15) is 17.1 Å². The first-order valence-corrected chi connectivity index (χ1v) is 10.7. The molecule has 162 valence electrons. The second kappa shape index (κ2) is 7.91. The standard InChI is InChI=1S/C27H21N3O3/c1-29-13-14-30(18-29)19-7-6-8-20(15-19)31-21-16-23-22-9-2-3-10-24(22)33-27(23)25(17-21)32-26-11-4-5-12-28-26/h2-17H,18H2,1H3. The van der Waals surface area contributed by atoms with E-state index in [0.717, 1.165) is 34.5 Å². The summed E-state index contributed by atoms with van der Waals surface area (Å²) in [7, 11) is 2.05. The van der Waals surface area contributed by atoms with Gasteiger partial charge in [-0.1, -0.05) is 30.3 Å². The fourth-order valence-corrected chi connectivity index (χ4v) is 3.98. The molecule has 0 fully saturated rings. The maximum Gasteiger partial charge on any atom is 0.219 e. The first-order valence-electron chi connectivity index (χ1n) is 10.7. The molecule has 6 rings (SSSR count). The van der Waals surface area contributed by atoms with E-state index in [1.165, 1.54) is 0 Å². The Hall–Kier alpha value is -4.45. The number of pyridine rings is 1. The summed E-state index contributed by atoms with van der Waals surface area (Å²) in [5.74, 6) is 2.44. The Kier molecular flexibility index (Phi) is 4.61. The van der Waals surface area contributed by atoms with Crippen LogP contribution >= 0.6 is 0 Å². The number of fused-ring (bicyclic) bond motifs is 3. The Morgan fingerprint density at radius 3 is 2.58 bits per heavy atom. The summed E-state index contributed by atoms with van der Waals surface area (Å²) in [6, 6.07) is 25.3. The van der Waals surface area contributed by atoms with Crippen LogP contribution in [0.1, 0.15) is 0 Å². The van der Waals surface area contributed by atoms with Crippen LogP contribution in [0.5, 0.6) is 23.1 Å². The highest BCUT2D eigenvalue weighted by atomic mass is 16.5. The minimum Gasteiger partial charge on any atom is -0.457 e. The first kappa shape index (κ1) is 19.3. The highest BCUT2D eigenvalue weighted by Crippen LogP contribution is 2.41. The lowest BCUT2D eigenvalue weighted by atomic mass is 10.1. The molecule has 6 nitrogen and oxygen atoms in total. The van der Waals surface area contributed by atoms with Crippen molar-refractivity contribution in [2.75, 3.05) is 18.6 Å². The molecular formula is C27H21N3O3. The minimum atomic E-state index is 0.489. The van der Waals surface area contributed by atoms with E-state index in [-0.39, 0.29) is 0 Å². The Morgan fingerprint density at radius 2 is 1.73 bits per heavy atom. The number of anilines is 1. The van der Waals surface area contributed by atoms with E-state index < -0.39 is 0 Å². The van der Waals surface area contributed by atoms with Crippen LogP contribution in [0.3, 0.4) is 0 Å². The molecule has 3 aromatic carbocycles. The van der Waals surface area contributed by atoms with Crippen molar-refractivity contribution in [1.29, 1.82) is 0 Å². The molecule has 1 aliphatic rings. The van der Waals surface area contributed by atoms with Crippen molar-refractivity contribution >= 4 is 27.6 Å². The predicted octanol–water partition coefficient (Wildman–Crippen LogP) is 6.75. The average Bonchev–Trinajstić information content (AvgIpc) is 3.44. The SMILES string of the molecule is CN1C=CN(c2cccc(Oc3cc(Oc4ccccn4)c4oc5ccccc5c4c3)c2)C1. The summed E-state index contributed by atoms with van der Waals surface area (Å²) in [5, 5.41) is 1.93. The van der Waals surface area contributed by atoms with E-state index >= 15 is 0 Å². The number of hydrogen-bond acceptors (Lipinski definition) is 6. The van der Waals surface area contributed by atoms with E-state index in [4.69, 9.17) is 13.9 Å². The number of hydrogen-bond donors (Lipinski definition) is 0. The smallest absolute Gasteiger partial charge is 0.219 e. The van der Waals surface area contributed by atoms with Crippen molar-refractivity contribution in [3.8, 4) is 23.1 Å². The molecule has 0 unspecified atom stereocenters. The summed E-state index contributed by atoms with van der Waals surface area (Å²) >= 11 is 0. The topological polar surface area (TPSA) is 51.0 Å². The number of nitrogens with zero attached hydrogens (tertiary/aromatic N) is 3. The molecule has 0 saturated heterocycles. The highest BCUT2D eigenvalue weighted by molar-refractivity contribution is 6.07. The lowest BCUT2D eigenvalue weighted by molar-refractivity contribution is 0.446. The third-order valence-electron chi connectivity index (χ3n) is 5.53. The lowest BCUT2D eigenvalue weighted by Gasteiger charge is -2.19. The molecule has 0 spiro atoms. The van der Waals surface area contributed by atoms with Crippen LogP contribution in [-0.2, 0) is 0 Å². The van der Waals surface area contributed by atoms with Crippen molar-refractivity contribution in [2.24, 2.45) is 0 Å². The fraction of sp³-hybridized carbons (Fsp3) is 0.0741. The second-order valence-corrected chi connectivity index (χ2v) is 7.93. The molecule has 0 aliphatic carbocycles. The predicted molar refractivity (Wildman–Crippen MR) is 129 cm³/mol. The Bertz CT molecular complexity index is 1480. The summed E-state index contributed by atoms with van der Waals surface area (Å²) in [6.07, 6.45) is 5.80. The Labute approximate surface area is 190 Å². The van der Waals surface area contributed by atoms with Gasteiger partial charge in [-0.3, -0.25) is 0 Å². The zero-order valence-corrected chi connectivity index (χ0v) is 18.0. The van der Waals surface area contributed by atoms with Crippen LogP contribution in [-0.4, -0.2) is 23.6 Å². The van der Waals surface area contributed by atoms with Crippen LogP contribution < -0.4 is 14.4 Å². The molecule has 1 aliphatic heterocycles. The van der Waals surface area contributed by atoms with Crippen molar-refractivity contribution < 1.29 is 13.9 Å². The van der Waals surface area contributed by atoms with Gasteiger partial charge in [-0.25, -0.2) is 4.98 Å². The maximum absolute atomic E-state index is 6.30. The number of furan rings is 1. The van der Waals surface area contributed by atoms with E-state index in [9.17, 15) is 0 Å². The molecular weight excluding hydrogens is 414 g/mol. The fourth-order valence-electron chi connectivity index (χ4n) is 3.98. The average molecular weight is 435 g/mol. The van der Waals surface area contributed by atoms with Crippen molar-refractivity contribution in [2.45, 2.75) is 0 Å². The number of benzene rings is 3. The molecule has 5 aromatic rings. The van der Waals surface area contributed by atoms with E-state index in [1.54, 1.807) is 6.20 Å². The molecule has 0 N–H and O–H groups in total. The molecule has 0 amide bonds. The maximum atomic E-state index is 6.30. The molecule has 0 radical (unpaired) electrons. The second-order valence-electron chi connectivity index (χ2n) is 7.93. The van der Waals surface area contributed by atoms with Gasteiger partial charge < -0.3 is 23.7 Å². The molecule has 0 bridgehead atoms. The third-order valence-corrected chi connectivity index (χ3v) is 5.53. The van der Waals surface area contributed by atoms with Gasteiger partial charge in [0.2, 0.25) is 5.88 Å². The largest absolute Gasteiger partial charge is 0.457 e. The van der Waals surface area contributed by atoms with E-state index in [2.05, 4.69) is 27.1 Å². The van der Waals surface area contributed by atoms with Crippen molar-refractivity contribution in [1.82, 2.24) is 9.88 Å². The van der Waals surface area contributed by atoms with E-state index in [0.29, 0.717) is 23.0 Å². The Balaban J connectivity index is 1.41. The summed E-state index contributed by atoms with van der Waals surface area (Å²) in [6.45, 7) is 0.804. The molecule has 0 saturated carbocycles. The van der Waals surface area contributed by atoms with Gasteiger partial charge in [0.25, 0.3) is 0 Å². The summed E-state index contributed by atoms with van der Waals surface area (Å²) < 4.78 is 18.5. The monoisotopic (exact) mass is 435 g/mol. The van der Waals surface area contributed by atoms with E-state index in [1.807, 2.05) is 86.0 Å². The summed E-state index contributed by atoms with van der Waals surface area (Å²) in [5.41, 5.74) is 2.52. The Morgan fingerprint density at radius 1 is 0.818 bits per heavy atom. The van der Waals surface area contributed by atoms with Gasteiger partial charge in [0.15, 0.2) is 11.3 Å². The minimum absolute atomic E-state index is 0.489. The van der Waals surface area contributed by atoms with Gasteiger partial charge in [-0.05, 0) is 30.3 Å². The van der Waals surface area contributed by atoms with Crippen LogP contribution in [0.2, 0.25) is 0 Å². The first-order chi connectivity index (χ1) is 16.2. The van der Waals surface area contributed by atoms with Gasteiger partial charge in [0.05, 0.1) is 6.67 Å². The zero-order chi connectivity index (χ0) is 22.2. The van der Waals surface area contributed by atoms with Gasteiger partial charge >= 0.3 is 0 Å². The van der Waals surface area contributed by atoms with Crippen molar-refractivity contribution in [3.63, 3.8) is 0 Å². The normalized spacial score (nSPS) is 13.2. The van der Waals surface area contributed by atoms with Crippen LogP contribution in [0.25, 0.3) is 21.9 Å². The van der Waals surface area contributed by atoms with Gasteiger partial charge in [0, 0.05) is 60.3 Å². The number of ether oxygens (including phenoxy) is 2. The molecule has 3 heterocycles. The zero-order valence-electron chi connectivity index (χ0n) is 18.0. The van der Waals surface area contributed by atoms with Crippen LogP contribution in [0, 0.1) is 0 Å². The number of para-hydroxylation sites is 1. The lowest BCUT2D eigenvalue weighted by Crippen LogP contribution is -2.21. The summed E-state index contributed by atoms with van der Waals surface area (Å²) in [4.78, 5) is 8.57. The third kappa shape index (κ3) is 3.72. The number of aromatic nitrogens is 1. The van der Waals surface area contributed by atoms with Crippen molar-refractivity contribution in [3.05, 3.63) is 97.5 Å². The van der Waals surface area contributed by atoms with Gasteiger partial charge in [-0.15, -0.1) is 0 Å². The van der Waals surface area contributed by atoms with Gasteiger partial charge in [-0.2, -0.15) is 0 Å². The molecule has 33 heavy (non-hydrogen) atoms. The van der Waals surface area contributed by atoms with Crippen LogP contribution in [0.4, 0.5) is 5.69 Å². The van der Waals surface area contributed by atoms with Crippen LogP contribution in [0.15, 0.2) is 102 Å². The number of rotatable bonds is 5. The molecule has 2 aromatic heterocycles. The molecule has 0 atom stereocenters.